The summed E-state index contributed by atoms with van der Waals surface area (Å²) in [6, 6.07) is 0. The first-order valence-electron chi connectivity index (χ1n) is 6.80. The summed E-state index contributed by atoms with van der Waals surface area (Å²) in [6.45, 7) is 6.61. The van der Waals surface area contributed by atoms with Gasteiger partial charge >= 0.3 is 0 Å². The number of piperidine rings is 1. The van der Waals surface area contributed by atoms with Crippen molar-refractivity contribution in [2.24, 2.45) is 5.92 Å². The first-order valence-corrected chi connectivity index (χ1v) is 7.60. The van der Waals surface area contributed by atoms with Crippen LogP contribution in [0.5, 0.6) is 0 Å². The molecule has 0 aliphatic carbocycles. The van der Waals surface area contributed by atoms with Crippen LogP contribution in [0.3, 0.4) is 0 Å². The van der Waals surface area contributed by atoms with Crippen molar-refractivity contribution in [3.8, 4) is 0 Å². The molecule has 6 heteroatoms. The molecular formula is C13H21BrN4O. The molecule has 1 aliphatic rings. The summed E-state index contributed by atoms with van der Waals surface area (Å²) >= 11 is 3.58. The smallest absolute Gasteiger partial charge is 0.148 e. The summed E-state index contributed by atoms with van der Waals surface area (Å²) < 4.78 is 0.923. The van der Waals surface area contributed by atoms with Crippen molar-refractivity contribution in [2.45, 2.75) is 32.8 Å². The van der Waals surface area contributed by atoms with Crippen molar-refractivity contribution in [2.75, 3.05) is 29.9 Å². The summed E-state index contributed by atoms with van der Waals surface area (Å²) in [7, 11) is 0. The number of aliphatic hydroxyl groups is 1. The number of aromatic nitrogens is 2. The molecule has 1 aliphatic heterocycles. The van der Waals surface area contributed by atoms with Crippen LogP contribution in [0.1, 0.15) is 26.7 Å². The fourth-order valence-electron chi connectivity index (χ4n) is 2.47. The average Bonchev–Trinajstić information content (AvgIpc) is 2.41. The molecule has 5 nitrogen and oxygen atoms in total. The molecule has 1 unspecified atom stereocenters. The average molecular weight is 329 g/mol. The number of rotatable bonds is 4. The molecule has 106 valence electrons. The van der Waals surface area contributed by atoms with E-state index >= 15 is 0 Å². The van der Waals surface area contributed by atoms with Crippen LogP contribution in [0.15, 0.2) is 10.8 Å². The number of nitrogens with one attached hydrogen (secondary N) is 1. The normalized spacial score (nSPS) is 18.4. The van der Waals surface area contributed by atoms with Crippen molar-refractivity contribution >= 4 is 27.6 Å². The van der Waals surface area contributed by atoms with E-state index in [1.807, 2.05) is 13.8 Å². The highest BCUT2D eigenvalue weighted by atomic mass is 79.9. The van der Waals surface area contributed by atoms with Crippen LogP contribution in [0.2, 0.25) is 0 Å². The minimum atomic E-state index is -0.215. The van der Waals surface area contributed by atoms with Crippen molar-refractivity contribution in [1.82, 2.24) is 9.97 Å². The molecule has 0 amide bonds. The van der Waals surface area contributed by atoms with E-state index < -0.39 is 0 Å². The second kappa shape index (κ2) is 6.52. The van der Waals surface area contributed by atoms with Crippen molar-refractivity contribution in [3.05, 3.63) is 10.8 Å². The number of anilines is 2. The van der Waals surface area contributed by atoms with Crippen LogP contribution in [-0.4, -0.2) is 40.8 Å². The Labute approximate surface area is 122 Å². The van der Waals surface area contributed by atoms with Gasteiger partial charge in [-0.2, -0.15) is 0 Å². The first-order chi connectivity index (χ1) is 9.13. The van der Waals surface area contributed by atoms with Gasteiger partial charge in [-0.05, 0) is 48.5 Å². The molecule has 0 spiro atoms. The Morgan fingerprint density at radius 2 is 2.16 bits per heavy atom. The Hall–Kier alpha value is -0.880. The fraction of sp³-hybridized carbons (Fsp3) is 0.692. The third-order valence-corrected chi connectivity index (χ3v) is 4.37. The standard InChI is InChI=1S/C13H21BrN4O/c1-3-15-12-11(14)13(17-8-16-12)18-6-4-10(5-7-18)9(2)19/h8-10,19H,3-7H2,1-2H3,(H,15,16,17). The largest absolute Gasteiger partial charge is 0.393 e. The van der Waals surface area contributed by atoms with Crippen LogP contribution in [0.4, 0.5) is 11.6 Å². The molecule has 1 aromatic heterocycles. The van der Waals surface area contributed by atoms with Gasteiger partial charge < -0.3 is 15.3 Å². The third-order valence-electron chi connectivity index (χ3n) is 3.64. The molecule has 0 radical (unpaired) electrons. The lowest BCUT2D eigenvalue weighted by atomic mass is 9.92. The van der Waals surface area contributed by atoms with E-state index in [4.69, 9.17) is 0 Å². The van der Waals surface area contributed by atoms with Gasteiger partial charge in [0, 0.05) is 19.6 Å². The summed E-state index contributed by atoms with van der Waals surface area (Å²) in [4.78, 5) is 10.9. The van der Waals surface area contributed by atoms with E-state index in [-0.39, 0.29) is 6.10 Å². The monoisotopic (exact) mass is 328 g/mol. The third kappa shape index (κ3) is 3.36. The van der Waals surface area contributed by atoms with Gasteiger partial charge in [0.15, 0.2) is 0 Å². The van der Waals surface area contributed by atoms with Crippen molar-refractivity contribution in [3.63, 3.8) is 0 Å². The van der Waals surface area contributed by atoms with Gasteiger partial charge in [-0.15, -0.1) is 0 Å². The maximum Gasteiger partial charge on any atom is 0.148 e. The predicted octanol–water partition coefficient (Wildman–Crippen LogP) is 2.27. The molecule has 1 aromatic rings. The lowest BCUT2D eigenvalue weighted by molar-refractivity contribution is 0.109. The Balaban J connectivity index is 2.09. The summed E-state index contributed by atoms with van der Waals surface area (Å²) in [5.74, 6) is 2.19. The van der Waals surface area contributed by atoms with E-state index in [1.165, 1.54) is 0 Å². The number of nitrogens with zero attached hydrogens (tertiary/aromatic N) is 3. The second-order valence-electron chi connectivity index (χ2n) is 4.96. The highest BCUT2D eigenvalue weighted by Gasteiger charge is 2.25. The molecule has 2 rings (SSSR count). The fourth-order valence-corrected chi connectivity index (χ4v) is 3.06. The van der Waals surface area contributed by atoms with Crippen LogP contribution in [-0.2, 0) is 0 Å². The van der Waals surface area contributed by atoms with Crippen LogP contribution < -0.4 is 10.2 Å². The molecular weight excluding hydrogens is 308 g/mol. The molecule has 1 saturated heterocycles. The molecule has 0 bridgehead atoms. The number of hydrogen-bond acceptors (Lipinski definition) is 5. The van der Waals surface area contributed by atoms with Crippen LogP contribution in [0.25, 0.3) is 0 Å². The molecule has 19 heavy (non-hydrogen) atoms. The van der Waals surface area contributed by atoms with Gasteiger partial charge in [-0.3, -0.25) is 0 Å². The maximum atomic E-state index is 9.64. The highest BCUT2D eigenvalue weighted by molar-refractivity contribution is 9.10. The Bertz CT molecular complexity index is 419. The highest BCUT2D eigenvalue weighted by Crippen LogP contribution is 2.32. The second-order valence-corrected chi connectivity index (χ2v) is 5.75. The van der Waals surface area contributed by atoms with E-state index in [0.29, 0.717) is 5.92 Å². The lowest BCUT2D eigenvalue weighted by Gasteiger charge is -2.34. The molecule has 2 N–H and O–H groups in total. The first kappa shape index (κ1) is 14.5. The van der Waals surface area contributed by atoms with E-state index in [0.717, 1.165) is 48.6 Å². The van der Waals surface area contributed by atoms with Crippen molar-refractivity contribution in [1.29, 1.82) is 0 Å². The zero-order valence-corrected chi connectivity index (χ0v) is 13.0. The van der Waals surface area contributed by atoms with Crippen LogP contribution in [0, 0.1) is 5.92 Å². The van der Waals surface area contributed by atoms with Gasteiger partial charge in [0.1, 0.15) is 22.4 Å². The van der Waals surface area contributed by atoms with E-state index in [2.05, 4.69) is 36.1 Å². The predicted molar refractivity (Wildman–Crippen MR) is 80.5 cm³/mol. The Morgan fingerprint density at radius 1 is 1.47 bits per heavy atom. The van der Waals surface area contributed by atoms with Crippen LogP contribution >= 0.6 is 15.9 Å². The van der Waals surface area contributed by atoms with Gasteiger partial charge in [-0.25, -0.2) is 9.97 Å². The number of halogens is 1. The van der Waals surface area contributed by atoms with Gasteiger partial charge in [-0.1, -0.05) is 0 Å². The summed E-state index contributed by atoms with van der Waals surface area (Å²) in [6.07, 6.45) is 3.39. The molecule has 0 saturated carbocycles. The Kier molecular flexibility index (Phi) is 4.99. The number of aliphatic hydroxyl groups excluding tert-OH is 1. The maximum absolute atomic E-state index is 9.64. The topological polar surface area (TPSA) is 61.3 Å². The summed E-state index contributed by atoms with van der Waals surface area (Å²) in [5.41, 5.74) is 0. The quantitative estimate of drug-likeness (QED) is 0.887. The SMILES string of the molecule is CCNc1ncnc(N2CCC(C(C)O)CC2)c1Br. The van der Waals surface area contributed by atoms with E-state index in [1.54, 1.807) is 6.33 Å². The minimum Gasteiger partial charge on any atom is -0.393 e. The Morgan fingerprint density at radius 3 is 2.74 bits per heavy atom. The minimum absolute atomic E-state index is 0.215. The van der Waals surface area contributed by atoms with Crippen molar-refractivity contribution < 1.29 is 5.11 Å². The van der Waals surface area contributed by atoms with Gasteiger partial charge in [0.2, 0.25) is 0 Å². The molecule has 2 heterocycles. The molecule has 1 fully saturated rings. The lowest BCUT2D eigenvalue weighted by Crippen LogP contribution is -2.37. The molecule has 0 aromatic carbocycles. The zero-order valence-electron chi connectivity index (χ0n) is 11.4. The van der Waals surface area contributed by atoms with E-state index in [9.17, 15) is 5.11 Å². The zero-order chi connectivity index (χ0) is 13.8. The van der Waals surface area contributed by atoms with Gasteiger partial charge in [0.05, 0.1) is 6.10 Å². The van der Waals surface area contributed by atoms with Gasteiger partial charge in [0.25, 0.3) is 0 Å². The molecule has 1 atom stereocenters. The number of hydrogen-bond donors (Lipinski definition) is 2. The summed E-state index contributed by atoms with van der Waals surface area (Å²) in [5, 5.41) is 12.9.